The van der Waals surface area contributed by atoms with E-state index in [-0.39, 0.29) is 35.5 Å². The van der Waals surface area contributed by atoms with Gasteiger partial charge in [-0.15, -0.1) is 24.0 Å². The van der Waals surface area contributed by atoms with Gasteiger partial charge in [-0.3, -0.25) is 9.67 Å². The van der Waals surface area contributed by atoms with Crippen LogP contribution >= 0.6 is 24.0 Å². The summed E-state index contributed by atoms with van der Waals surface area (Å²) >= 11 is 0. The molecule has 2 atom stereocenters. The zero-order chi connectivity index (χ0) is 17.7. The van der Waals surface area contributed by atoms with E-state index in [0.29, 0.717) is 12.5 Å². The summed E-state index contributed by atoms with van der Waals surface area (Å²) in [4.78, 5) is 7.21. The van der Waals surface area contributed by atoms with Crippen LogP contribution < -0.4 is 5.32 Å². The standard InChI is InChI=1S/C18H33N5O.HI/c1-7-19-17(20-11-16(24-6)18(2,3)4)23-9-8-14(13-23)15-10-21-22(5)12-15;/h10,12,14,16H,7-9,11,13H2,1-6H3,(H,19,20);1H. The lowest BCUT2D eigenvalue weighted by atomic mass is 9.89. The Morgan fingerprint density at radius 3 is 2.72 bits per heavy atom. The number of hydrogen-bond donors (Lipinski definition) is 1. The van der Waals surface area contributed by atoms with Crippen molar-refractivity contribution in [1.29, 1.82) is 0 Å². The van der Waals surface area contributed by atoms with Crippen LogP contribution in [0, 0.1) is 5.41 Å². The van der Waals surface area contributed by atoms with Crippen molar-refractivity contribution in [1.82, 2.24) is 20.0 Å². The van der Waals surface area contributed by atoms with Crippen molar-refractivity contribution < 1.29 is 4.74 Å². The molecule has 1 fully saturated rings. The predicted molar refractivity (Wildman–Crippen MR) is 114 cm³/mol. The van der Waals surface area contributed by atoms with Crippen LogP contribution in [0.5, 0.6) is 0 Å². The number of nitrogens with one attached hydrogen (secondary N) is 1. The predicted octanol–water partition coefficient (Wildman–Crippen LogP) is 2.85. The first-order chi connectivity index (χ1) is 11.3. The van der Waals surface area contributed by atoms with Gasteiger partial charge >= 0.3 is 0 Å². The number of aryl methyl sites for hydroxylation is 1. The summed E-state index contributed by atoms with van der Waals surface area (Å²) in [6, 6.07) is 0. The largest absolute Gasteiger partial charge is 0.379 e. The number of methoxy groups -OCH3 is 1. The highest BCUT2D eigenvalue weighted by molar-refractivity contribution is 14.0. The first-order valence-electron chi connectivity index (χ1n) is 8.89. The molecule has 2 rings (SSSR count). The van der Waals surface area contributed by atoms with Crippen LogP contribution in [0.1, 0.15) is 45.6 Å². The number of nitrogens with zero attached hydrogens (tertiary/aromatic N) is 4. The molecule has 0 spiro atoms. The van der Waals surface area contributed by atoms with Crippen LogP contribution in [0.25, 0.3) is 0 Å². The summed E-state index contributed by atoms with van der Waals surface area (Å²) in [5.74, 6) is 1.53. The third kappa shape index (κ3) is 6.13. The van der Waals surface area contributed by atoms with Crippen molar-refractivity contribution in [3.63, 3.8) is 0 Å². The fourth-order valence-corrected chi connectivity index (χ4v) is 3.17. The smallest absolute Gasteiger partial charge is 0.194 e. The maximum atomic E-state index is 5.63. The molecule has 1 saturated heterocycles. The summed E-state index contributed by atoms with van der Waals surface area (Å²) in [7, 11) is 3.74. The van der Waals surface area contributed by atoms with Gasteiger partial charge in [-0.1, -0.05) is 20.8 Å². The number of rotatable bonds is 5. The summed E-state index contributed by atoms with van der Waals surface area (Å²) in [5, 5.41) is 7.73. The molecule has 0 aliphatic carbocycles. The van der Waals surface area contributed by atoms with Crippen LogP contribution in [0.2, 0.25) is 0 Å². The van der Waals surface area contributed by atoms with Gasteiger partial charge in [-0.05, 0) is 24.3 Å². The molecule has 2 heterocycles. The summed E-state index contributed by atoms with van der Waals surface area (Å²) in [6.45, 7) is 12.3. The topological polar surface area (TPSA) is 54.7 Å². The molecule has 6 nitrogen and oxygen atoms in total. The van der Waals surface area contributed by atoms with Gasteiger partial charge in [-0.25, -0.2) is 0 Å². The van der Waals surface area contributed by atoms with E-state index < -0.39 is 0 Å². The van der Waals surface area contributed by atoms with Gasteiger partial charge in [0.25, 0.3) is 0 Å². The highest BCUT2D eigenvalue weighted by atomic mass is 127. The molecule has 7 heteroatoms. The Bertz CT molecular complexity index is 552. The zero-order valence-corrected chi connectivity index (χ0v) is 18.8. The maximum Gasteiger partial charge on any atom is 0.194 e. The SMILES string of the molecule is CCNC(=NCC(OC)C(C)(C)C)N1CCC(c2cnn(C)c2)C1.I. The van der Waals surface area contributed by atoms with E-state index in [1.807, 2.05) is 17.9 Å². The maximum absolute atomic E-state index is 5.63. The number of halogens is 1. The number of hydrogen-bond acceptors (Lipinski definition) is 3. The first-order valence-corrected chi connectivity index (χ1v) is 8.89. The van der Waals surface area contributed by atoms with Gasteiger partial charge < -0.3 is 15.0 Å². The number of guanidine groups is 1. The number of ether oxygens (including phenoxy) is 1. The molecule has 0 aromatic carbocycles. The highest BCUT2D eigenvalue weighted by Crippen LogP contribution is 2.27. The van der Waals surface area contributed by atoms with Gasteiger partial charge in [0.1, 0.15) is 0 Å². The molecule has 1 N–H and O–H groups in total. The van der Waals surface area contributed by atoms with Crippen LogP contribution in [0.15, 0.2) is 17.4 Å². The van der Waals surface area contributed by atoms with Crippen molar-refractivity contribution in [3.05, 3.63) is 18.0 Å². The monoisotopic (exact) mass is 463 g/mol. The Balaban J connectivity index is 0.00000312. The molecule has 2 unspecified atom stereocenters. The highest BCUT2D eigenvalue weighted by Gasteiger charge is 2.28. The molecule has 1 aromatic rings. The van der Waals surface area contributed by atoms with E-state index in [2.05, 4.69) is 49.2 Å². The third-order valence-electron chi connectivity index (χ3n) is 4.68. The Hall–Kier alpha value is -0.830. The molecule has 144 valence electrons. The summed E-state index contributed by atoms with van der Waals surface area (Å²) in [5.41, 5.74) is 1.40. The second kappa shape index (κ2) is 9.75. The van der Waals surface area contributed by atoms with E-state index in [0.717, 1.165) is 32.0 Å². The van der Waals surface area contributed by atoms with Crippen LogP contribution in [-0.2, 0) is 11.8 Å². The second-order valence-corrected chi connectivity index (χ2v) is 7.66. The van der Waals surface area contributed by atoms with Gasteiger partial charge in [0.05, 0.1) is 18.8 Å². The minimum Gasteiger partial charge on any atom is -0.379 e. The fourth-order valence-electron chi connectivity index (χ4n) is 3.17. The van der Waals surface area contributed by atoms with Gasteiger partial charge in [0.15, 0.2) is 5.96 Å². The molecule has 1 aliphatic rings. The average Bonchev–Trinajstić information content (AvgIpc) is 3.14. The molecular weight excluding hydrogens is 429 g/mol. The molecule has 0 bridgehead atoms. The average molecular weight is 463 g/mol. The molecular formula is C18H34IN5O. The van der Waals surface area contributed by atoms with Gasteiger partial charge in [0.2, 0.25) is 0 Å². The van der Waals surface area contributed by atoms with Crippen molar-refractivity contribution in [3.8, 4) is 0 Å². The van der Waals surface area contributed by atoms with E-state index in [4.69, 9.17) is 9.73 Å². The van der Waals surface area contributed by atoms with E-state index in [1.165, 1.54) is 5.56 Å². The molecule has 0 amide bonds. The Labute approximate surface area is 169 Å². The molecule has 0 saturated carbocycles. The van der Waals surface area contributed by atoms with Crippen LogP contribution in [-0.4, -0.2) is 60.0 Å². The quantitative estimate of drug-likeness (QED) is 0.415. The summed E-state index contributed by atoms with van der Waals surface area (Å²) < 4.78 is 7.51. The van der Waals surface area contributed by atoms with Crippen LogP contribution in [0.3, 0.4) is 0 Å². The zero-order valence-electron chi connectivity index (χ0n) is 16.5. The number of aliphatic imine (C=N–C) groups is 1. The molecule has 0 radical (unpaired) electrons. The van der Waals surface area contributed by atoms with E-state index >= 15 is 0 Å². The van der Waals surface area contributed by atoms with Gasteiger partial charge in [-0.2, -0.15) is 5.10 Å². The van der Waals surface area contributed by atoms with Crippen molar-refractivity contribution in [2.24, 2.45) is 17.5 Å². The van der Waals surface area contributed by atoms with Gasteiger partial charge in [0, 0.05) is 45.9 Å². The van der Waals surface area contributed by atoms with Crippen LogP contribution in [0.4, 0.5) is 0 Å². The Kier molecular flexibility index (Phi) is 8.67. The molecule has 1 aliphatic heterocycles. The normalized spacial score (nSPS) is 19.7. The first kappa shape index (κ1) is 22.2. The Morgan fingerprint density at radius 2 is 2.20 bits per heavy atom. The minimum atomic E-state index is 0. The van der Waals surface area contributed by atoms with E-state index in [9.17, 15) is 0 Å². The lowest BCUT2D eigenvalue weighted by molar-refractivity contribution is 0.0240. The Morgan fingerprint density at radius 1 is 1.48 bits per heavy atom. The minimum absolute atomic E-state index is 0. The fraction of sp³-hybridized carbons (Fsp3) is 0.778. The van der Waals surface area contributed by atoms with Crippen molar-refractivity contribution >= 4 is 29.9 Å². The summed E-state index contributed by atoms with van der Waals surface area (Å²) in [6.07, 6.45) is 5.36. The van der Waals surface area contributed by atoms with E-state index in [1.54, 1.807) is 7.11 Å². The second-order valence-electron chi connectivity index (χ2n) is 7.66. The number of aromatic nitrogens is 2. The molecule has 1 aromatic heterocycles. The third-order valence-corrected chi connectivity index (χ3v) is 4.68. The van der Waals surface area contributed by atoms with Crippen molar-refractivity contribution in [2.75, 3.05) is 33.3 Å². The molecule has 25 heavy (non-hydrogen) atoms. The lowest BCUT2D eigenvalue weighted by Crippen LogP contribution is -2.41. The lowest BCUT2D eigenvalue weighted by Gasteiger charge is -2.29. The number of likely N-dealkylation sites (tertiary alicyclic amines) is 1. The van der Waals surface area contributed by atoms with Crippen molar-refractivity contribution in [2.45, 2.75) is 46.1 Å².